The summed E-state index contributed by atoms with van der Waals surface area (Å²) in [5.41, 5.74) is 10.9. The lowest BCUT2D eigenvalue weighted by Crippen LogP contribution is -2.12. The van der Waals surface area contributed by atoms with Crippen LogP contribution in [0.15, 0.2) is 42.9 Å². The van der Waals surface area contributed by atoms with E-state index >= 15 is 0 Å². The summed E-state index contributed by atoms with van der Waals surface area (Å²) in [4.78, 5) is 4.32. The fraction of sp³-hybridized carbons (Fsp3) is 0.217. The Bertz CT molecular complexity index is 1380. The van der Waals surface area contributed by atoms with Crippen molar-refractivity contribution in [3.63, 3.8) is 0 Å². The summed E-state index contributed by atoms with van der Waals surface area (Å²) < 4.78 is 24.0. The summed E-state index contributed by atoms with van der Waals surface area (Å²) in [7, 11) is 0. The molecule has 1 aromatic carbocycles. The molecule has 0 aliphatic carbocycles. The number of halogens is 1. The minimum Gasteiger partial charge on any atom is -0.482 e. The molecule has 3 aromatic heterocycles. The lowest BCUT2D eigenvalue weighted by Gasteiger charge is -2.22. The Balaban J connectivity index is 1.83. The number of anilines is 1. The van der Waals surface area contributed by atoms with Crippen LogP contribution in [0.5, 0.6) is 5.75 Å². The first-order valence-electron chi connectivity index (χ1n) is 10.2. The molecule has 160 valence electrons. The molecular weight excluding hydrogens is 409 g/mol. The van der Waals surface area contributed by atoms with Crippen LogP contribution in [0.1, 0.15) is 36.6 Å². The molecule has 9 heteroatoms. The number of nitrogens with zero attached hydrogens (tertiary/aromatic N) is 6. The van der Waals surface area contributed by atoms with Crippen molar-refractivity contribution in [2.24, 2.45) is 0 Å². The second-order valence-corrected chi connectivity index (χ2v) is 7.61. The van der Waals surface area contributed by atoms with Gasteiger partial charge in [-0.25, -0.2) is 9.37 Å². The second-order valence-electron chi connectivity index (χ2n) is 7.61. The molecule has 5 rings (SSSR count). The van der Waals surface area contributed by atoms with E-state index in [1.54, 1.807) is 23.1 Å². The van der Waals surface area contributed by atoms with Gasteiger partial charge in [0.15, 0.2) is 11.6 Å². The van der Waals surface area contributed by atoms with E-state index in [0.717, 1.165) is 16.8 Å². The van der Waals surface area contributed by atoms with Crippen molar-refractivity contribution >= 4 is 5.82 Å². The number of hydrogen-bond acceptors (Lipinski definition) is 6. The number of nitrogen functional groups attached to an aromatic ring is 1. The molecule has 2 N–H and O–H groups in total. The summed E-state index contributed by atoms with van der Waals surface area (Å²) in [6.07, 6.45) is 4.43. The van der Waals surface area contributed by atoms with Gasteiger partial charge in [-0.05, 0) is 38.1 Å². The van der Waals surface area contributed by atoms with Crippen LogP contribution in [-0.2, 0) is 13.1 Å². The van der Waals surface area contributed by atoms with Gasteiger partial charge in [-0.1, -0.05) is 0 Å². The first-order chi connectivity index (χ1) is 15.5. The summed E-state index contributed by atoms with van der Waals surface area (Å²) in [5, 5.41) is 18.7. The predicted molar refractivity (Wildman–Crippen MR) is 116 cm³/mol. The highest BCUT2D eigenvalue weighted by Crippen LogP contribution is 2.38. The molecule has 1 aliphatic rings. The van der Waals surface area contributed by atoms with Crippen LogP contribution in [0.2, 0.25) is 0 Å². The smallest absolute Gasteiger partial charge is 0.166 e. The van der Waals surface area contributed by atoms with Crippen LogP contribution in [0.4, 0.5) is 10.2 Å². The van der Waals surface area contributed by atoms with Gasteiger partial charge >= 0.3 is 0 Å². The third kappa shape index (κ3) is 3.08. The number of hydrogen-bond donors (Lipinski definition) is 1. The third-order valence-electron chi connectivity index (χ3n) is 5.66. The maximum atomic E-state index is 14.3. The van der Waals surface area contributed by atoms with E-state index in [2.05, 4.69) is 21.3 Å². The lowest BCUT2D eigenvalue weighted by atomic mass is 9.97. The van der Waals surface area contributed by atoms with Crippen molar-refractivity contribution in [2.45, 2.75) is 33.0 Å². The maximum Gasteiger partial charge on any atom is 0.166 e. The molecule has 0 saturated carbocycles. The number of benzene rings is 1. The average Bonchev–Trinajstić information content (AvgIpc) is 3.38. The van der Waals surface area contributed by atoms with Gasteiger partial charge in [0.1, 0.15) is 18.0 Å². The van der Waals surface area contributed by atoms with Crippen molar-refractivity contribution in [3.05, 3.63) is 65.4 Å². The van der Waals surface area contributed by atoms with E-state index < -0.39 is 11.9 Å². The Kier molecular flexibility index (Phi) is 4.63. The van der Waals surface area contributed by atoms with Crippen LogP contribution in [-0.4, -0.2) is 24.5 Å². The third-order valence-corrected chi connectivity index (χ3v) is 5.66. The average molecular weight is 429 g/mol. The molecule has 0 spiro atoms. The topological polar surface area (TPSA) is 108 Å². The number of nitriles is 1. The Morgan fingerprint density at radius 1 is 1.22 bits per heavy atom. The van der Waals surface area contributed by atoms with E-state index in [4.69, 9.17) is 10.5 Å². The van der Waals surface area contributed by atoms with Crippen LogP contribution >= 0.6 is 0 Å². The van der Waals surface area contributed by atoms with Gasteiger partial charge < -0.3 is 10.5 Å². The van der Waals surface area contributed by atoms with Crippen molar-refractivity contribution in [1.82, 2.24) is 24.5 Å². The first-order valence-corrected chi connectivity index (χ1v) is 10.2. The van der Waals surface area contributed by atoms with Crippen molar-refractivity contribution in [1.29, 1.82) is 5.26 Å². The van der Waals surface area contributed by atoms with Crippen molar-refractivity contribution < 1.29 is 9.13 Å². The molecule has 4 aromatic rings. The normalized spacial score (nSPS) is 14.8. The second kappa shape index (κ2) is 7.50. The fourth-order valence-electron chi connectivity index (χ4n) is 4.16. The van der Waals surface area contributed by atoms with E-state index in [-0.39, 0.29) is 5.82 Å². The van der Waals surface area contributed by atoms with Gasteiger partial charge in [-0.15, -0.1) is 0 Å². The first kappa shape index (κ1) is 19.8. The molecule has 4 heterocycles. The quantitative estimate of drug-likeness (QED) is 0.491. The molecular formula is C23H20FN7O. The summed E-state index contributed by atoms with van der Waals surface area (Å²) in [6.45, 7) is 4.85. The molecule has 1 atom stereocenters. The molecule has 0 fully saturated rings. The van der Waals surface area contributed by atoms with Crippen LogP contribution in [0, 0.1) is 17.1 Å². The highest BCUT2D eigenvalue weighted by Gasteiger charge is 2.25. The molecule has 8 nitrogen and oxygen atoms in total. The number of ether oxygens (including phenoxy) is 1. The van der Waals surface area contributed by atoms with Crippen LogP contribution < -0.4 is 10.5 Å². The number of aryl methyl sites for hydroxylation is 1. The zero-order valence-corrected chi connectivity index (χ0v) is 17.6. The van der Waals surface area contributed by atoms with E-state index in [0.29, 0.717) is 41.2 Å². The van der Waals surface area contributed by atoms with Gasteiger partial charge in [-0.2, -0.15) is 15.5 Å². The SMILES string of the molecule is CCn1ncc2c1-c1cnc(N)c(c1)O[C@H](C)c1cc(F)ccc1-c1c(C#N)cnn1C2. The number of rotatable bonds is 1. The Morgan fingerprint density at radius 3 is 2.84 bits per heavy atom. The zero-order chi connectivity index (χ0) is 22.4. The number of pyridine rings is 1. The number of fused-ring (bicyclic) bond motifs is 7. The van der Waals surface area contributed by atoms with Gasteiger partial charge in [-0.3, -0.25) is 9.36 Å². The van der Waals surface area contributed by atoms with Crippen molar-refractivity contribution in [3.8, 4) is 34.3 Å². The predicted octanol–water partition coefficient (Wildman–Crippen LogP) is 3.92. The molecule has 0 unspecified atom stereocenters. The number of aromatic nitrogens is 5. The highest BCUT2D eigenvalue weighted by atomic mass is 19.1. The number of nitrogens with two attached hydrogens (primary N) is 1. The summed E-state index contributed by atoms with van der Waals surface area (Å²) in [6, 6.07) is 8.47. The molecule has 0 amide bonds. The standard InChI is InChI=1S/C23H20FN7O/c1-3-30-21-14-6-20(23(26)27-9-14)32-13(2)19-7-17(24)4-5-18(19)22-15(8-25)10-29-31(22)12-16(21)11-28-30/h4-7,9-11,13H,3,12H2,1-2H3,(H2,26,27)/t13-/m1/s1. The van der Waals surface area contributed by atoms with E-state index in [9.17, 15) is 9.65 Å². The Labute approximate surface area is 183 Å². The monoisotopic (exact) mass is 429 g/mol. The fourth-order valence-corrected chi connectivity index (χ4v) is 4.16. The molecule has 1 aliphatic heterocycles. The minimum absolute atomic E-state index is 0.238. The van der Waals surface area contributed by atoms with Gasteiger partial charge in [0.2, 0.25) is 0 Å². The van der Waals surface area contributed by atoms with Crippen molar-refractivity contribution in [2.75, 3.05) is 5.73 Å². The molecule has 0 radical (unpaired) electrons. The molecule has 32 heavy (non-hydrogen) atoms. The largest absolute Gasteiger partial charge is 0.482 e. The minimum atomic E-state index is -0.565. The maximum absolute atomic E-state index is 14.3. The Morgan fingerprint density at radius 2 is 2.06 bits per heavy atom. The summed E-state index contributed by atoms with van der Waals surface area (Å²) in [5.74, 6) is 0.235. The van der Waals surface area contributed by atoms with E-state index in [1.807, 2.05) is 24.6 Å². The van der Waals surface area contributed by atoms with Gasteiger partial charge in [0.05, 0.1) is 35.9 Å². The van der Waals surface area contributed by atoms with E-state index in [1.165, 1.54) is 18.3 Å². The molecule has 0 saturated heterocycles. The highest BCUT2D eigenvalue weighted by molar-refractivity contribution is 5.72. The molecule has 2 bridgehead atoms. The zero-order valence-electron chi connectivity index (χ0n) is 17.6. The Hall–Kier alpha value is -4.19. The van der Waals surface area contributed by atoms with Crippen LogP contribution in [0.25, 0.3) is 22.5 Å². The lowest BCUT2D eigenvalue weighted by molar-refractivity contribution is 0.227. The van der Waals surface area contributed by atoms with Gasteiger partial charge in [0.25, 0.3) is 0 Å². The van der Waals surface area contributed by atoms with Crippen LogP contribution in [0.3, 0.4) is 0 Å². The summed E-state index contributed by atoms with van der Waals surface area (Å²) >= 11 is 0. The van der Waals surface area contributed by atoms with Gasteiger partial charge in [0, 0.05) is 35.0 Å².